The molecule has 0 aliphatic carbocycles. The van der Waals surface area contributed by atoms with Crippen LogP contribution < -0.4 is 10.1 Å². The highest BCUT2D eigenvalue weighted by Crippen LogP contribution is 2.17. The van der Waals surface area contributed by atoms with Crippen molar-refractivity contribution >= 4 is 11.3 Å². The summed E-state index contributed by atoms with van der Waals surface area (Å²) in [6, 6.07) is 6.68. The molecule has 4 heteroatoms. The van der Waals surface area contributed by atoms with Crippen LogP contribution in [0.25, 0.3) is 0 Å². The summed E-state index contributed by atoms with van der Waals surface area (Å²) in [6.45, 7) is 5.78. The maximum Gasteiger partial charge on any atom is 0.142 e. The van der Waals surface area contributed by atoms with Crippen molar-refractivity contribution in [2.45, 2.75) is 32.9 Å². The summed E-state index contributed by atoms with van der Waals surface area (Å²) >= 11 is 1.77. The van der Waals surface area contributed by atoms with E-state index in [1.54, 1.807) is 17.5 Å². The molecule has 0 aliphatic rings. The number of rotatable bonds is 7. The van der Waals surface area contributed by atoms with Crippen LogP contribution in [-0.2, 0) is 13.0 Å². The molecule has 2 aromatic rings. The van der Waals surface area contributed by atoms with E-state index in [0.717, 1.165) is 24.3 Å². The molecule has 0 unspecified atom stereocenters. The first-order valence-electron chi connectivity index (χ1n) is 6.57. The maximum absolute atomic E-state index is 5.85. The van der Waals surface area contributed by atoms with Crippen LogP contribution in [0.4, 0.5) is 0 Å². The third-order valence-corrected chi connectivity index (χ3v) is 3.69. The maximum atomic E-state index is 5.85. The Labute approximate surface area is 118 Å². The molecule has 0 amide bonds. The summed E-state index contributed by atoms with van der Waals surface area (Å²) in [7, 11) is 0. The van der Waals surface area contributed by atoms with Crippen molar-refractivity contribution in [1.29, 1.82) is 0 Å². The molecule has 3 nitrogen and oxygen atoms in total. The molecular weight excluding hydrogens is 256 g/mol. The Kier molecular flexibility index (Phi) is 5.36. The zero-order valence-electron chi connectivity index (χ0n) is 11.4. The van der Waals surface area contributed by atoms with Gasteiger partial charge >= 0.3 is 0 Å². The highest BCUT2D eigenvalue weighted by molar-refractivity contribution is 7.09. The molecule has 0 spiro atoms. The molecule has 0 aromatic carbocycles. The van der Waals surface area contributed by atoms with Crippen LogP contribution in [0, 0.1) is 0 Å². The third-order valence-electron chi connectivity index (χ3n) is 2.76. The van der Waals surface area contributed by atoms with E-state index in [9.17, 15) is 0 Å². The van der Waals surface area contributed by atoms with Gasteiger partial charge in [-0.15, -0.1) is 11.3 Å². The van der Waals surface area contributed by atoms with Gasteiger partial charge in [-0.25, -0.2) is 0 Å². The van der Waals surface area contributed by atoms with Crippen molar-refractivity contribution in [3.63, 3.8) is 0 Å². The first kappa shape index (κ1) is 14.0. The zero-order valence-corrected chi connectivity index (χ0v) is 12.2. The van der Waals surface area contributed by atoms with E-state index in [2.05, 4.69) is 41.7 Å². The fourth-order valence-electron chi connectivity index (χ4n) is 1.72. The lowest BCUT2D eigenvalue weighted by molar-refractivity contribution is 0.317. The normalized spacial score (nSPS) is 10.9. The Morgan fingerprint density at radius 3 is 3.00 bits per heavy atom. The lowest BCUT2D eigenvalue weighted by Gasteiger charge is -2.13. The summed E-state index contributed by atoms with van der Waals surface area (Å²) in [5.74, 6) is 0.882. The highest BCUT2D eigenvalue weighted by atomic mass is 32.1. The van der Waals surface area contributed by atoms with E-state index in [4.69, 9.17) is 4.74 Å². The third kappa shape index (κ3) is 4.65. The highest BCUT2D eigenvalue weighted by Gasteiger charge is 2.04. The number of aromatic nitrogens is 1. The first-order valence-corrected chi connectivity index (χ1v) is 7.45. The smallest absolute Gasteiger partial charge is 0.142 e. The number of nitrogens with one attached hydrogen (secondary N) is 1. The standard InChI is InChI=1S/C15H20N2OS/c1-12(2)17-10-13-5-7-16-11-15(13)18-8-6-14-4-3-9-19-14/h3-5,7,9,11-12,17H,6,8,10H2,1-2H3. The fraction of sp³-hybridized carbons (Fsp3) is 0.400. The minimum Gasteiger partial charge on any atom is -0.491 e. The van der Waals surface area contributed by atoms with Crippen LogP contribution in [0.2, 0.25) is 0 Å². The predicted molar refractivity (Wildman–Crippen MR) is 79.7 cm³/mol. The van der Waals surface area contributed by atoms with Gasteiger partial charge in [0.2, 0.25) is 0 Å². The Balaban J connectivity index is 1.88. The van der Waals surface area contributed by atoms with Crippen molar-refractivity contribution in [3.05, 3.63) is 46.4 Å². The molecular formula is C15H20N2OS. The molecule has 2 heterocycles. The Morgan fingerprint density at radius 2 is 2.26 bits per heavy atom. The minimum atomic E-state index is 0.465. The number of pyridine rings is 1. The van der Waals surface area contributed by atoms with Gasteiger partial charge in [-0.2, -0.15) is 0 Å². The van der Waals surface area contributed by atoms with Crippen molar-refractivity contribution in [2.24, 2.45) is 0 Å². The summed E-state index contributed by atoms with van der Waals surface area (Å²) in [6.07, 6.45) is 4.55. The molecule has 1 N–H and O–H groups in total. The van der Waals surface area contributed by atoms with Gasteiger partial charge in [0.15, 0.2) is 0 Å². The van der Waals surface area contributed by atoms with Crippen molar-refractivity contribution in [1.82, 2.24) is 10.3 Å². The van der Waals surface area contributed by atoms with Gasteiger partial charge < -0.3 is 10.1 Å². The van der Waals surface area contributed by atoms with Gasteiger partial charge in [-0.05, 0) is 17.5 Å². The lowest BCUT2D eigenvalue weighted by atomic mass is 10.2. The van der Waals surface area contributed by atoms with E-state index in [1.807, 2.05) is 12.3 Å². The topological polar surface area (TPSA) is 34.2 Å². The van der Waals surface area contributed by atoms with Crippen LogP contribution in [0.15, 0.2) is 36.0 Å². The van der Waals surface area contributed by atoms with E-state index < -0.39 is 0 Å². The van der Waals surface area contributed by atoms with E-state index >= 15 is 0 Å². The van der Waals surface area contributed by atoms with Crippen LogP contribution >= 0.6 is 11.3 Å². The van der Waals surface area contributed by atoms with Crippen LogP contribution in [0.5, 0.6) is 5.75 Å². The summed E-state index contributed by atoms with van der Waals surface area (Å²) in [4.78, 5) is 5.49. The average Bonchev–Trinajstić information content (AvgIpc) is 2.91. The van der Waals surface area contributed by atoms with E-state index in [-0.39, 0.29) is 0 Å². The molecule has 0 atom stereocenters. The molecule has 0 bridgehead atoms. The molecule has 0 saturated heterocycles. The Morgan fingerprint density at radius 1 is 1.37 bits per heavy atom. The molecule has 0 aliphatic heterocycles. The number of hydrogen-bond acceptors (Lipinski definition) is 4. The predicted octanol–water partition coefficient (Wildman–Crippen LogP) is 3.26. The number of ether oxygens (including phenoxy) is 1. The van der Waals surface area contributed by atoms with Gasteiger partial charge in [0, 0.05) is 35.6 Å². The summed E-state index contributed by atoms with van der Waals surface area (Å²) in [5.41, 5.74) is 1.16. The Hall–Kier alpha value is -1.39. The zero-order chi connectivity index (χ0) is 13.5. The van der Waals surface area contributed by atoms with Crippen molar-refractivity contribution in [2.75, 3.05) is 6.61 Å². The molecule has 0 fully saturated rings. The van der Waals surface area contributed by atoms with Gasteiger partial charge in [0.1, 0.15) is 5.75 Å². The first-order chi connectivity index (χ1) is 9.25. The molecule has 19 heavy (non-hydrogen) atoms. The fourth-order valence-corrected chi connectivity index (χ4v) is 2.41. The molecule has 102 valence electrons. The molecule has 2 rings (SSSR count). The van der Waals surface area contributed by atoms with Crippen LogP contribution in [0.1, 0.15) is 24.3 Å². The number of hydrogen-bond donors (Lipinski definition) is 1. The second kappa shape index (κ2) is 7.26. The van der Waals surface area contributed by atoms with Crippen molar-refractivity contribution in [3.8, 4) is 5.75 Å². The van der Waals surface area contributed by atoms with Crippen molar-refractivity contribution < 1.29 is 4.74 Å². The molecule has 0 radical (unpaired) electrons. The monoisotopic (exact) mass is 276 g/mol. The van der Waals surface area contributed by atoms with Crippen LogP contribution in [-0.4, -0.2) is 17.6 Å². The Bertz CT molecular complexity index is 483. The minimum absolute atomic E-state index is 0.465. The van der Waals surface area contributed by atoms with Gasteiger partial charge in [-0.1, -0.05) is 19.9 Å². The SMILES string of the molecule is CC(C)NCc1ccncc1OCCc1cccs1. The second-order valence-electron chi connectivity index (χ2n) is 4.70. The number of nitrogens with zero attached hydrogens (tertiary/aromatic N) is 1. The lowest BCUT2D eigenvalue weighted by Crippen LogP contribution is -2.22. The van der Waals surface area contributed by atoms with Gasteiger partial charge in [0.05, 0.1) is 12.8 Å². The van der Waals surface area contributed by atoms with Gasteiger partial charge in [-0.3, -0.25) is 4.98 Å². The number of thiophene rings is 1. The molecule has 0 saturated carbocycles. The van der Waals surface area contributed by atoms with E-state index in [1.165, 1.54) is 4.88 Å². The molecule has 2 aromatic heterocycles. The summed E-state index contributed by atoms with van der Waals surface area (Å²) in [5, 5.41) is 5.50. The summed E-state index contributed by atoms with van der Waals surface area (Å²) < 4.78 is 5.85. The quantitative estimate of drug-likeness (QED) is 0.843. The second-order valence-corrected chi connectivity index (χ2v) is 5.73. The van der Waals surface area contributed by atoms with Gasteiger partial charge in [0.25, 0.3) is 0 Å². The van der Waals surface area contributed by atoms with E-state index in [0.29, 0.717) is 12.6 Å². The average molecular weight is 276 g/mol. The largest absolute Gasteiger partial charge is 0.491 e. The van der Waals surface area contributed by atoms with Crippen LogP contribution in [0.3, 0.4) is 0 Å².